The Labute approximate surface area is 258 Å². The molecule has 0 saturated carbocycles. The third-order valence-electron chi connectivity index (χ3n) is 7.51. The van der Waals surface area contributed by atoms with Gasteiger partial charge in [0.15, 0.2) is 0 Å². The van der Waals surface area contributed by atoms with E-state index in [1.807, 2.05) is 25.3 Å². The summed E-state index contributed by atoms with van der Waals surface area (Å²) < 4.78 is 26.0. The Hall–Kier alpha value is -2.86. The number of pyridine rings is 1. The predicted octanol–water partition coefficient (Wildman–Crippen LogP) is 7.09. The molecule has 0 spiro atoms. The van der Waals surface area contributed by atoms with Crippen molar-refractivity contribution in [3.8, 4) is 0 Å². The van der Waals surface area contributed by atoms with Crippen LogP contribution in [-0.4, -0.2) is 78.3 Å². The van der Waals surface area contributed by atoms with Crippen molar-refractivity contribution in [1.82, 2.24) is 9.55 Å². The molecule has 0 bridgehead atoms. The average Bonchev–Trinajstić information content (AvgIpc) is 3.10. The van der Waals surface area contributed by atoms with Crippen LogP contribution in [0.4, 0.5) is 25.8 Å². The SMILES string of the molecule is C[C@H]1CN(c2ccncc2N(C(=O)OC(C)(C)C)C(=O)OC(C)(C)C)C[C@@H]2[C@@H]1O[Si](C)(C(C)(C)C)N2C(=O)OC(C)(C)C. The highest BCUT2D eigenvalue weighted by molar-refractivity contribution is 6.75. The number of aromatic nitrogens is 1. The molecule has 3 rings (SSSR count). The van der Waals surface area contributed by atoms with Gasteiger partial charge in [0.25, 0.3) is 0 Å². The number of rotatable bonds is 2. The Kier molecular flexibility index (Phi) is 9.32. The summed E-state index contributed by atoms with van der Waals surface area (Å²) in [5.74, 6) is 0.0119. The minimum absolute atomic E-state index is 0.0119. The van der Waals surface area contributed by atoms with E-state index in [0.29, 0.717) is 18.8 Å². The number of hydrogen-bond acceptors (Lipinski definition) is 9. The number of fused-ring (bicyclic) bond motifs is 1. The van der Waals surface area contributed by atoms with Gasteiger partial charge in [0, 0.05) is 25.2 Å². The van der Waals surface area contributed by atoms with Crippen molar-refractivity contribution in [2.24, 2.45) is 5.92 Å². The standard InChI is InChI=1S/C31H52N4O7Si/c1-20-18-33(19-23-24(20)42-43(14,31(11,12)13)35(23)27(38)41-30(8,9)10)21-15-16-32-17-22(21)34(25(36)39-28(2,3)4)26(37)40-29(5,6)7/h15-17,20,23-24H,18-19H2,1-14H3/t20-,23+,24+,43?/m0/s1. The van der Waals surface area contributed by atoms with Crippen LogP contribution in [0.15, 0.2) is 18.5 Å². The summed E-state index contributed by atoms with van der Waals surface area (Å²) in [5.41, 5.74) is -1.57. The Morgan fingerprint density at radius 1 is 0.884 bits per heavy atom. The molecule has 242 valence electrons. The van der Waals surface area contributed by atoms with Gasteiger partial charge in [-0.25, -0.2) is 14.4 Å². The molecule has 0 aliphatic carbocycles. The number of carbonyl (C=O) groups excluding carboxylic acids is 3. The van der Waals surface area contributed by atoms with Gasteiger partial charge < -0.3 is 28.1 Å². The second-order valence-electron chi connectivity index (χ2n) is 15.8. The first-order valence-corrected chi connectivity index (χ1v) is 17.4. The van der Waals surface area contributed by atoms with Crippen LogP contribution in [-0.2, 0) is 18.6 Å². The molecule has 4 atom stereocenters. The maximum atomic E-state index is 13.8. The molecular formula is C31H52N4O7Si. The number of ether oxygens (including phenoxy) is 3. The van der Waals surface area contributed by atoms with Crippen LogP contribution in [0.3, 0.4) is 0 Å². The van der Waals surface area contributed by atoms with Crippen LogP contribution < -0.4 is 9.80 Å². The molecule has 2 fully saturated rings. The lowest BCUT2D eigenvalue weighted by atomic mass is 9.92. The van der Waals surface area contributed by atoms with Gasteiger partial charge in [-0.3, -0.25) is 4.98 Å². The maximum Gasteiger partial charge on any atom is 0.424 e. The highest BCUT2D eigenvalue weighted by Crippen LogP contribution is 2.49. The zero-order valence-electron chi connectivity index (χ0n) is 28.5. The van der Waals surface area contributed by atoms with Crippen LogP contribution >= 0.6 is 0 Å². The van der Waals surface area contributed by atoms with E-state index in [1.165, 1.54) is 6.20 Å². The van der Waals surface area contributed by atoms with E-state index in [-0.39, 0.29) is 28.8 Å². The third kappa shape index (κ3) is 7.81. The highest BCUT2D eigenvalue weighted by Gasteiger charge is 2.63. The minimum atomic E-state index is -2.84. The lowest BCUT2D eigenvalue weighted by Crippen LogP contribution is -2.62. The molecule has 0 aromatic carbocycles. The fourth-order valence-electron chi connectivity index (χ4n) is 5.36. The predicted molar refractivity (Wildman–Crippen MR) is 169 cm³/mol. The zero-order valence-corrected chi connectivity index (χ0v) is 29.5. The van der Waals surface area contributed by atoms with Crippen molar-refractivity contribution < 1.29 is 33.0 Å². The van der Waals surface area contributed by atoms with Crippen LogP contribution in [0.1, 0.15) is 90.0 Å². The molecule has 12 heteroatoms. The van der Waals surface area contributed by atoms with Gasteiger partial charge in [0.05, 0.1) is 24.0 Å². The lowest BCUT2D eigenvalue weighted by molar-refractivity contribution is 0.0291. The van der Waals surface area contributed by atoms with Crippen molar-refractivity contribution in [3.63, 3.8) is 0 Å². The highest BCUT2D eigenvalue weighted by atomic mass is 28.4. The van der Waals surface area contributed by atoms with Crippen molar-refractivity contribution in [1.29, 1.82) is 0 Å². The van der Waals surface area contributed by atoms with Gasteiger partial charge in [-0.05, 0) is 80.0 Å². The van der Waals surface area contributed by atoms with E-state index in [9.17, 15) is 14.4 Å². The summed E-state index contributed by atoms with van der Waals surface area (Å²) in [5, 5.41) is -0.294. The van der Waals surface area contributed by atoms with Gasteiger partial charge >= 0.3 is 26.8 Å². The smallest absolute Gasteiger partial charge is 0.424 e. The quantitative estimate of drug-likeness (QED) is 0.253. The number of anilines is 2. The summed E-state index contributed by atoms with van der Waals surface area (Å²) in [4.78, 5) is 48.1. The Morgan fingerprint density at radius 2 is 1.40 bits per heavy atom. The first-order chi connectivity index (χ1) is 19.3. The van der Waals surface area contributed by atoms with Crippen LogP contribution in [0.2, 0.25) is 11.6 Å². The van der Waals surface area contributed by atoms with E-state index in [4.69, 9.17) is 18.6 Å². The van der Waals surface area contributed by atoms with Gasteiger partial charge in [-0.15, -0.1) is 0 Å². The summed E-state index contributed by atoms with van der Waals surface area (Å²) >= 11 is 0. The van der Waals surface area contributed by atoms with E-state index in [0.717, 1.165) is 4.90 Å². The van der Waals surface area contributed by atoms with E-state index in [1.54, 1.807) is 53.8 Å². The van der Waals surface area contributed by atoms with Gasteiger partial charge in [0.2, 0.25) is 0 Å². The molecule has 0 radical (unpaired) electrons. The van der Waals surface area contributed by atoms with E-state index < -0.39 is 43.6 Å². The molecule has 3 amide bonds. The molecule has 11 nitrogen and oxygen atoms in total. The molecule has 43 heavy (non-hydrogen) atoms. The largest absolute Gasteiger partial charge is 0.444 e. The van der Waals surface area contributed by atoms with Crippen LogP contribution in [0.5, 0.6) is 0 Å². The first kappa shape index (κ1) is 34.6. The number of hydrogen-bond donors (Lipinski definition) is 0. The van der Waals surface area contributed by atoms with Gasteiger partial charge in [0.1, 0.15) is 22.5 Å². The maximum absolute atomic E-state index is 13.8. The summed E-state index contributed by atoms with van der Waals surface area (Å²) in [6.45, 7) is 27.4. The molecule has 2 saturated heterocycles. The number of imide groups is 1. The minimum Gasteiger partial charge on any atom is -0.444 e. The van der Waals surface area contributed by atoms with Gasteiger partial charge in [-0.1, -0.05) is 27.7 Å². The molecular weight excluding hydrogens is 568 g/mol. The number of amides is 3. The number of piperidine rings is 1. The van der Waals surface area contributed by atoms with Crippen molar-refractivity contribution in [2.45, 2.75) is 131 Å². The molecule has 2 aliphatic heterocycles. The third-order valence-corrected chi connectivity index (χ3v) is 12.5. The Balaban J connectivity index is 2.10. The second-order valence-corrected chi connectivity index (χ2v) is 20.0. The van der Waals surface area contributed by atoms with Crippen molar-refractivity contribution in [2.75, 3.05) is 22.9 Å². The topological polar surface area (TPSA) is 111 Å². The lowest BCUT2D eigenvalue weighted by Gasteiger charge is -2.45. The number of nitrogens with zero attached hydrogens (tertiary/aromatic N) is 4. The Bertz CT molecular complexity index is 1190. The first-order valence-electron chi connectivity index (χ1n) is 15.0. The zero-order chi connectivity index (χ0) is 32.9. The molecule has 0 N–H and O–H groups in total. The van der Waals surface area contributed by atoms with E-state index in [2.05, 4.69) is 44.1 Å². The fourth-order valence-corrected chi connectivity index (χ4v) is 8.72. The van der Waals surface area contributed by atoms with Crippen LogP contribution in [0.25, 0.3) is 0 Å². The average molecular weight is 621 g/mol. The second kappa shape index (κ2) is 11.6. The molecule has 1 aromatic rings. The fraction of sp³-hybridized carbons (Fsp3) is 0.742. The number of carbonyl (C=O) groups is 3. The van der Waals surface area contributed by atoms with Gasteiger partial charge in [-0.2, -0.15) is 4.90 Å². The summed E-state index contributed by atoms with van der Waals surface area (Å²) in [7, 11) is -2.84. The summed E-state index contributed by atoms with van der Waals surface area (Å²) in [6, 6.07) is 1.45. The van der Waals surface area contributed by atoms with Crippen molar-refractivity contribution >= 4 is 38.1 Å². The monoisotopic (exact) mass is 620 g/mol. The normalized spacial score (nSPS) is 24.7. The van der Waals surface area contributed by atoms with E-state index >= 15 is 0 Å². The Morgan fingerprint density at radius 3 is 1.86 bits per heavy atom. The van der Waals surface area contributed by atoms with Crippen LogP contribution in [0, 0.1) is 5.92 Å². The van der Waals surface area contributed by atoms with Crippen molar-refractivity contribution in [3.05, 3.63) is 18.5 Å². The molecule has 3 heterocycles. The molecule has 2 aliphatic rings. The summed E-state index contributed by atoms with van der Waals surface area (Å²) in [6.07, 6.45) is 0.750. The molecule has 1 aromatic heterocycles. The molecule has 1 unspecified atom stereocenters.